The van der Waals surface area contributed by atoms with Crippen LogP contribution in [0.25, 0.3) is 0 Å². The first kappa shape index (κ1) is 11.8. The lowest BCUT2D eigenvalue weighted by Gasteiger charge is -2.39. The second-order valence-electron chi connectivity index (χ2n) is 2.54. The summed E-state index contributed by atoms with van der Waals surface area (Å²) in [4.78, 5) is -1.06. The summed E-state index contributed by atoms with van der Waals surface area (Å²) < 4.78 is 5.14. The standard InChI is InChI=1S/C7H9OP2S4/c1-8-6-2-4-7(5-3-6)10(14-11)12-9-13-10/h2-5,9,11H,1H3. The topological polar surface area (TPSA) is 9.23 Å². The fourth-order valence-electron chi connectivity index (χ4n) is 1.06. The molecule has 0 amide bonds. The normalized spacial score (nSPS) is 27.3. The van der Waals surface area contributed by atoms with Crippen LogP contribution in [0.5, 0.6) is 5.75 Å². The SMILES string of the molecule is COc1ccc([P]2(SS)SPS2)cc1. The van der Waals surface area contributed by atoms with E-state index in [-0.39, 0.29) is 0 Å². The van der Waals surface area contributed by atoms with E-state index in [1.54, 1.807) is 17.5 Å². The zero-order valence-electron chi connectivity index (χ0n) is 7.34. The van der Waals surface area contributed by atoms with E-state index in [4.69, 9.17) is 4.74 Å². The fourth-order valence-corrected chi connectivity index (χ4v) is 28.0. The van der Waals surface area contributed by atoms with Crippen LogP contribution >= 0.6 is 55.9 Å². The minimum atomic E-state index is -1.06. The fraction of sp³-hybridized carbons (Fsp3) is 0.143. The number of hydrogen-bond donors (Lipinski definition) is 1. The first-order valence-corrected chi connectivity index (χ1v) is 13.4. The Hall–Kier alpha value is 1.28. The predicted molar refractivity (Wildman–Crippen MR) is 79.6 cm³/mol. The van der Waals surface area contributed by atoms with Crippen molar-refractivity contribution in [2.45, 2.75) is 0 Å². The Labute approximate surface area is 103 Å². The van der Waals surface area contributed by atoms with Gasteiger partial charge in [-0.15, -0.1) is 11.7 Å². The zero-order valence-corrected chi connectivity index (χ0v) is 12.6. The van der Waals surface area contributed by atoms with Gasteiger partial charge in [-0.05, 0) is 34.7 Å². The third-order valence-corrected chi connectivity index (χ3v) is 31.3. The van der Waals surface area contributed by atoms with Gasteiger partial charge in [0.15, 0.2) is 0 Å². The smallest absolute Gasteiger partial charge is 0.118 e. The molecule has 0 aromatic heterocycles. The maximum absolute atomic E-state index is 5.14. The molecule has 0 spiro atoms. The van der Waals surface area contributed by atoms with E-state index in [0.717, 1.165) is 12.7 Å². The molecular formula is C7H9OP2S4. The van der Waals surface area contributed by atoms with E-state index in [2.05, 4.69) is 45.8 Å². The number of methoxy groups -OCH3 is 1. The molecule has 0 bridgehead atoms. The van der Waals surface area contributed by atoms with Crippen LogP contribution in [0.4, 0.5) is 0 Å². The second-order valence-corrected chi connectivity index (χ2v) is 20.1. The summed E-state index contributed by atoms with van der Waals surface area (Å²) in [6, 6.07) is 8.40. The molecule has 1 heterocycles. The monoisotopic (exact) mass is 299 g/mol. The van der Waals surface area contributed by atoms with Gasteiger partial charge < -0.3 is 4.74 Å². The summed E-state index contributed by atoms with van der Waals surface area (Å²) in [5.41, 5.74) is 0. The Kier molecular flexibility index (Phi) is 4.26. The molecule has 1 aliphatic heterocycles. The third-order valence-electron chi connectivity index (χ3n) is 1.81. The molecule has 0 saturated carbocycles. The molecule has 1 fully saturated rings. The summed E-state index contributed by atoms with van der Waals surface area (Å²) in [5, 5.41) is 1.42. The molecule has 0 unspecified atom stereocenters. The maximum atomic E-state index is 5.14. The van der Waals surface area contributed by atoms with E-state index >= 15 is 0 Å². The molecule has 1 nitrogen and oxygen atoms in total. The second kappa shape index (κ2) is 5.07. The van der Waals surface area contributed by atoms with Crippen LogP contribution in [-0.2, 0) is 0 Å². The van der Waals surface area contributed by atoms with E-state index in [9.17, 15) is 0 Å². The van der Waals surface area contributed by atoms with Crippen LogP contribution in [0.2, 0.25) is 0 Å². The number of thiol groups is 1. The van der Waals surface area contributed by atoms with Gasteiger partial charge >= 0.3 is 0 Å². The van der Waals surface area contributed by atoms with Crippen LogP contribution in [-0.4, -0.2) is 7.11 Å². The maximum Gasteiger partial charge on any atom is 0.118 e. The molecule has 77 valence electrons. The van der Waals surface area contributed by atoms with Crippen molar-refractivity contribution in [3.63, 3.8) is 0 Å². The average molecular weight is 299 g/mol. The van der Waals surface area contributed by atoms with Crippen LogP contribution in [0.1, 0.15) is 0 Å². The van der Waals surface area contributed by atoms with Gasteiger partial charge in [-0.25, -0.2) is 0 Å². The third kappa shape index (κ3) is 2.18. The molecule has 7 heteroatoms. The number of hydrogen-bond acceptors (Lipinski definition) is 5. The first-order chi connectivity index (χ1) is 6.80. The molecule has 1 saturated heterocycles. The van der Waals surface area contributed by atoms with E-state index in [0.29, 0.717) is 0 Å². The summed E-state index contributed by atoms with van der Waals surface area (Å²) in [5.74, 6) is 0.925. The highest BCUT2D eigenvalue weighted by Crippen LogP contribution is 3.05. The quantitative estimate of drug-likeness (QED) is 0.494. The van der Waals surface area contributed by atoms with Crippen molar-refractivity contribution >= 4 is 61.2 Å². The van der Waals surface area contributed by atoms with Gasteiger partial charge in [-0.2, -0.15) is 0 Å². The van der Waals surface area contributed by atoms with Crippen LogP contribution in [0, 0.1) is 0 Å². The van der Waals surface area contributed by atoms with Gasteiger partial charge in [-0.1, -0.05) is 22.0 Å². The molecule has 0 atom stereocenters. The highest BCUT2D eigenvalue weighted by molar-refractivity contribution is 9.53. The van der Waals surface area contributed by atoms with Crippen LogP contribution in [0.3, 0.4) is 0 Å². The number of rotatable bonds is 3. The van der Waals surface area contributed by atoms with Crippen LogP contribution in [0.15, 0.2) is 24.3 Å². The predicted octanol–water partition coefficient (Wildman–Crippen LogP) is 4.65. The largest absolute Gasteiger partial charge is 0.497 e. The summed E-state index contributed by atoms with van der Waals surface area (Å²) in [6.45, 7) is 0.984. The summed E-state index contributed by atoms with van der Waals surface area (Å²) in [7, 11) is 3.42. The molecule has 0 N–H and O–H groups in total. The van der Waals surface area contributed by atoms with E-state index < -0.39 is 4.87 Å². The van der Waals surface area contributed by atoms with Gasteiger partial charge in [-0.3, -0.25) is 0 Å². The van der Waals surface area contributed by atoms with Crippen molar-refractivity contribution in [1.82, 2.24) is 0 Å². The summed E-state index contributed by atoms with van der Waals surface area (Å²) >= 11 is 8.52. The number of ether oxygens (including phenoxy) is 1. The molecule has 1 aliphatic rings. The van der Waals surface area contributed by atoms with Gasteiger partial charge in [0.1, 0.15) is 5.75 Å². The Morgan fingerprint density at radius 2 is 2.00 bits per heavy atom. The van der Waals surface area contributed by atoms with Crippen LogP contribution < -0.4 is 10.0 Å². The van der Waals surface area contributed by atoms with Crippen molar-refractivity contribution in [3.05, 3.63) is 24.3 Å². The summed E-state index contributed by atoms with van der Waals surface area (Å²) in [6.07, 6.45) is 0. The van der Waals surface area contributed by atoms with Crippen molar-refractivity contribution in [1.29, 1.82) is 0 Å². The van der Waals surface area contributed by atoms with Crippen molar-refractivity contribution in [2.75, 3.05) is 7.11 Å². The molecule has 1 aromatic carbocycles. The van der Waals surface area contributed by atoms with Gasteiger partial charge in [0.25, 0.3) is 0 Å². The van der Waals surface area contributed by atoms with Crippen molar-refractivity contribution in [3.8, 4) is 5.75 Å². The Bertz CT molecular complexity index is 308. The Balaban J connectivity index is 2.23. The van der Waals surface area contributed by atoms with E-state index in [1.807, 2.05) is 12.1 Å². The minimum Gasteiger partial charge on any atom is -0.497 e. The molecule has 14 heavy (non-hydrogen) atoms. The number of benzene rings is 1. The highest BCUT2D eigenvalue weighted by atomic mass is 33.8. The molecular weight excluding hydrogens is 290 g/mol. The molecule has 1 aromatic rings. The van der Waals surface area contributed by atoms with Gasteiger partial charge in [0, 0.05) is 12.3 Å². The van der Waals surface area contributed by atoms with Gasteiger partial charge in [0.05, 0.1) is 12.0 Å². The molecule has 0 aliphatic carbocycles. The average Bonchev–Trinajstić information content (AvgIpc) is 2.18. The lowest BCUT2D eigenvalue weighted by atomic mass is 10.3. The lowest BCUT2D eigenvalue weighted by Crippen LogP contribution is -2.02. The molecule has 1 radical (unpaired) electrons. The van der Waals surface area contributed by atoms with Crippen molar-refractivity contribution in [2.24, 2.45) is 0 Å². The highest BCUT2D eigenvalue weighted by Gasteiger charge is 2.39. The minimum absolute atomic E-state index is 0.925. The lowest BCUT2D eigenvalue weighted by molar-refractivity contribution is 0.415. The molecule has 2 rings (SSSR count). The Morgan fingerprint density at radius 1 is 1.36 bits per heavy atom. The Morgan fingerprint density at radius 3 is 2.36 bits per heavy atom. The van der Waals surface area contributed by atoms with Crippen molar-refractivity contribution < 1.29 is 4.74 Å². The zero-order chi connectivity index (χ0) is 10.0. The van der Waals surface area contributed by atoms with Gasteiger partial charge in [0.2, 0.25) is 0 Å². The first-order valence-electron chi connectivity index (χ1n) is 3.80. The van der Waals surface area contributed by atoms with E-state index in [1.165, 1.54) is 5.30 Å².